The van der Waals surface area contributed by atoms with Gasteiger partial charge in [0.15, 0.2) is 5.82 Å². The zero-order chi connectivity index (χ0) is 22.1. The Balaban J connectivity index is 1.48. The van der Waals surface area contributed by atoms with Crippen molar-refractivity contribution in [2.24, 2.45) is 5.92 Å². The zero-order valence-corrected chi connectivity index (χ0v) is 18.0. The Kier molecular flexibility index (Phi) is 5.68. The van der Waals surface area contributed by atoms with Gasteiger partial charge in [0.2, 0.25) is 5.88 Å². The number of hydrogen-bond acceptors (Lipinski definition) is 7. The molecule has 1 saturated heterocycles. The zero-order valence-electron chi connectivity index (χ0n) is 17.2. The number of fused-ring (bicyclic) bond motifs is 1. The second-order valence-corrected chi connectivity index (χ2v) is 8.41. The minimum Gasteiger partial charge on any atom is -0.492 e. The highest BCUT2D eigenvalue weighted by atomic mass is 35.5. The van der Waals surface area contributed by atoms with Crippen molar-refractivity contribution in [3.63, 3.8) is 0 Å². The number of rotatable bonds is 7. The molecular weight excluding hydrogens is 433 g/mol. The first-order valence-electron chi connectivity index (χ1n) is 10.6. The summed E-state index contributed by atoms with van der Waals surface area (Å²) in [4.78, 5) is 8.86. The Morgan fingerprint density at radius 1 is 1.25 bits per heavy atom. The lowest BCUT2D eigenvalue weighted by molar-refractivity contribution is 0.215. The summed E-state index contributed by atoms with van der Waals surface area (Å²) < 4.78 is 26.6. The molecule has 3 aromatic rings. The number of anilines is 2. The second kappa shape index (κ2) is 8.77. The van der Waals surface area contributed by atoms with Crippen LogP contribution < -0.4 is 20.1 Å². The Labute approximate surface area is 189 Å². The van der Waals surface area contributed by atoms with Crippen molar-refractivity contribution in [1.82, 2.24) is 15.3 Å². The van der Waals surface area contributed by atoms with Crippen molar-refractivity contribution >= 4 is 34.0 Å². The summed E-state index contributed by atoms with van der Waals surface area (Å²) in [5.74, 6) is 0.600. The van der Waals surface area contributed by atoms with Crippen LogP contribution in [0.1, 0.15) is 24.8 Å². The molecule has 164 valence electrons. The number of halogens is 2. The molecule has 0 spiro atoms. The molecule has 1 aliphatic carbocycles. The Hall–Kier alpha value is -3.15. The molecule has 1 aliphatic heterocycles. The highest BCUT2D eigenvalue weighted by Crippen LogP contribution is 2.37. The van der Waals surface area contributed by atoms with Crippen molar-refractivity contribution in [3.8, 4) is 17.7 Å². The van der Waals surface area contributed by atoms with Crippen LogP contribution in [0.5, 0.6) is 11.6 Å². The molecule has 0 unspecified atom stereocenters. The van der Waals surface area contributed by atoms with Crippen LogP contribution in [0.15, 0.2) is 30.5 Å². The minimum atomic E-state index is -0.654. The number of nitrogens with one attached hydrogen (secondary N) is 2. The maximum Gasteiger partial charge on any atom is 0.214 e. The van der Waals surface area contributed by atoms with E-state index in [4.69, 9.17) is 21.1 Å². The van der Waals surface area contributed by atoms with Crippen LogP contribution in [0.2, 0.25) is 5.02 Å². The fourth-order valence-electron chi connectivity index (χ4n) is 3.59. The Morgan fingerprint density at radius 2 is 2.12 bits per heavy atom. The van der Waals surface area contributed by atoms with Gasteiger partial charge in [-0.2, -0.15) is 5.26 Å². The van der Waals surface area contributed by atoms with E-state index in [-0.39, 0.29) is 22.4 Å². The van der Waals surface area contributed by atoms with Crippen LogP contribution in [0.25, 0.3) is 11.0 Å². The highest BCUT2D eigenvalue weighted by Gasteiger charge is 2.24. The lowest BCUT2D eigenvalue weighted by Crippen LogP contribution is -2.20. The van der Waals surface area contributed by atoms with E-state index in [0.29, 0.717) is 40.9 Å². The van der Waals surface area contributed by atoms with Gasteiger partial charge >= 0.3 is 0 Å². The van der Waals surface area contributed by atoms with Crippen molar-refractivity contribution in [1.29, 1.82) is 5.26 Å². The quantitative estimate of drug-likeness (QED) is 0.541. The van der Waals surface area contributed by atoms with Crippen LogP contribution >= 0.6 is 11.6 Å². The van der Waals surface area contributed by atoms with Crippen LogP contribution in [0.4, 0.5) is 15.8 Å². The average Bonchev–Trinajstić information content (AvgIpc) is 3.50. The summed E-state index contributed by atoms with van der Waals surface area (Å²) in [6.07, 6.45) is 4.60. The lowest BCUT2D eigenvalue weighted by atomic mass is 10.1. The van der Waals surface area contributed by atoms with E-state index in [0.717, 1.165) is 32.4 Å². The Morgan fingerprint density at radius 3 is 2.88 bits per heavy atom. The summed E-state index contributed by atoms with van der Waals surface area (Å²) in [6, 6.07) is 8.77. The van der Waals surface area contributed by atoms with Gasteiger partial charge in [0, 0.05) is 18.8 Å². The lowest BCUT2D eigenvalue weighted by Gasteiger charge is -2.16. The van der Waals surface area contributed by atoms with E-state index < -0.39 is 5.82 Å². The SMILES string of the molecule is N#Cc1cnc2ccc(O[C@H]3CCNC3)nc2c1Nc1ccc(OCC2CC2)c(Cl)c1F. The smallest absolute Gasteiger partial charge is 0.214 e. The largest absolute Gasteiger partial charge is 0.492 e. The van der Waals surface area contributed by atoms with Crippen molar-refractivity contribution in [2.75, 3.05) is 25.0 Å². The van der Waals surface area contributed by atoms with Gasteiger partial charge in [0.05, 0.1) is 29.1 Å². The molecule has 2 fully saturated rings. The second-order valence-electron chi connectivity index (χ2n) is 8.03. The van der Waals surface area contributed by atoms with E-state index in [1.165, 1.54) is 6.20 Å². The number of ether oxygens (including phenoxy) is 2. The molecule has 1 atom stereocenters. The van der Waals surface area contributed by atoms with Crippen LogP contribution in [-0.2, 0) is 0 Å². The van der Waals surface area contributed by atoms with Gasteiger partial charge in [0.1, 0.15) is 28.5 Å². The first-order chi connectivity index (χ1) is 15.6. The van der Waals surface area contributed by atoms with E-state index in [2.05, 4.69) is 26.7 Å². The standard InChI is InChI=1S/C23H21ClFN5O2/c24-20-18(31-12-13-1-2-13)5-3-16(21(20)25)29-22-14(9-26)10-28-17-4-6-19(30-23(17)22)32-15-7-8-27-11-15/h3-6,10,13,15,27H,1-2,7-8,11-12H2,(H,28,29)/t15-/m0/s1. The van der Waals surface area contributed by atoms with E-state index in [9.17, 15) is 5.26 Å². The van der Waals surface area contributed by atoms with Gasteiger partial charge in [-0.15, -0.1) is 0 Å². The molecule has 3 heterocycles. The fraction of sp³-hybridized carbons (Fsp3) is 0.348. The molecular formula is C23H21ClFN5O2. The molecule has 32 heavy (non-hydrogen) atoms. The van der Waals surface area contributed by atoms with E-state index in [1.54, 1.807) is 24.3 Å². The number of benzene rings is 1. The molecule has 7 nitrogen and oxygen atoms in total. The third-order valence-electron chi connectivity index (χ3n) is 5.59. The predicted molar refractivity (Wildman–Crippen MR) is 119 cm³/mol. The summed E-state index contributed by atoms with van der Waals surface area (Å²) in [7, 11) is 0. The van der Waals surface area contributed by atoms with Crippen molar-refractivity contribution in [3.05, 3.63) is 46.9 Å². The summed E-state index contributed by atoms with van der Waals surface area (Å²) in [6.45, 7) is 2.18. The monoisotopic (exact) mass is 453 g/mol. The third-order valence-corrected chi connectivity index (χ3v) is 5.94. The predicted octanol–water partition coefficient (Wildman–Crippen LogP) is 4.57. The number of aromatic nitrogens is 2. The third kappa shape index (κ3) is 4.27. The fourth-order valence-corrected chi connectivity index (χ4v) is 3.81. The van der Waals surface area contributed by atoms with Gasteiger partial charge in [-0.05, 0) is 49.9 Å². The van der Waals surface area contributed by atoms with Crippen LogP contribution in [0.3, 0.4) is 0 Å². The van der Waals surface area contributed by atoms with Crippen molar-refractivity contribution in [2.45, 2.75) is 25.4 Å². The molecule has 0 amide bonds. The molecule has 0 bridgehead atoms. The number of hydrogen-bond donors (Lipinski definition) is 2. The normalized spacial score (nSPS) is 17.8. The van der Waals surface area contributed by atoms with Gasteiger partial charge in [-0.25, -0.2) is 9.37 Å². The maximum atomic E-state index is 15.0. The number of pyridine rings is 2. The Bertz CT molecular complexity index is 1210. The molecule has 0 radical (unpaired) electrons. The average molecular weight is 454 g/mol. The van der Waals surface area contributed by atoms with Gasteiger partial charge in [0.25, 0.3) is 0 Å². The van der Waals surface area contributed by atoms with Crippen molar-refractivity contribution < 1.29 is 13.9 Å². The number of nitriles is 1. The van der Waals surface area contributed by atoms with Gasteiger partial charge < -0.3 is 20.1 Å². The van der Waals surface area contributed by atoms with Gasteiger partial charge in [-0.3, -0.25) is 4.98 Å². The van der Waals surface area contributed by atoms with E-state index in [1.807, 2.05) is 0 Å². The molecule has 2 N–H and O–H groups in total. The van der Waals surface area contributed by atoms with E-state index >= 15 is 4.39 Å². The summed E-state index contributed by atoms with van der Waals surface area (Å²) in [5.41, 5.74) is 1.66. The molecule has 9 heteroatoms. The molecule has 2 aliphatic rings. The first kappa shape index (κ1) is 20.7. The molecule has 5 rings (SSSR count). The topological polar surface area (TPSA) is 92.1 Å². The molecule has 2 aromatic heterocycles. The highest BCUT2D eigenvalue weighted by molar-refractivity contribution is 6.32. The van der Waals surface area contributed by atoms with Gasteiger partial charge in [-0.1, -0.05) is 11.6 Å². The van der Waals surface area contributed by atoms with Crippen LogP contribution in [0, 0.1) is 23.1 Å². The molecule has 1 saturated carbocycles. The molecule has 1 aromatic carbocycles. The minimum absolute atomic E-state index is 0.0305. The summed E-state index contributed by atoms with van der Waals surface area (Å²) >= 11 is 6.22. The number of nitrogens with zero attached hydrogens (tertiary/aromatic N) is 3. The maximum absolute atomic E-state index is 15.0. The first-order valence-corrected chi connectivity index (χ1v) is 10.9. The van der Waals surface area contributed by atoms with Crippen LogP contribution in [-0.4, -0.2) is 35.8 Å². The summed E-state index contributed by atoms with van der Waals surface area (Å²) in [5, 5.41) is 15.7.